The molecular weight excluding hydrogens is 319 g/mol. The van der Waals surface area contributed by atoms with Crippen LogP contribution in [0.4, 0.5) is 4.39 Å². The number of benzene rings is 2. The first-order valence-corrected chi connectivity index (χ1v) is 7.54. The average Bonchev–Trinajstić information content (AvgIpc) is 2.36. The highest BCUT2D eigenvalue weighted by Crippen LogP contribution is 2.36. The van der Waals surface area contributed by atoms with Crippen molar-refractivity contribution in [2.24, 2.45) is 0 Å². The number of hydrogen-bond acceptors (Lipinski definition) is 1. The molecule has 102 valence electrons. The normalized spacial score (nSPS) is 14.9. The number of carbonyl (C=O) groups is 1. The molecule has 0 atom stereocenters. The van der Waals surface area contributed by atoms with Crippen molar-refractivity contribution in [1.29, 1.82) is 0 Å². The molecule has 1 nitrogen and oxygen atoms in total. The molecule has 20 heavy (non-hydrogen) atoms. The molecule has 0 amide bonds. The summed E-state index contributed by atoms with van der Waals surface area (Å²) in [5, 5.41) is 0. The summed E-state index contributed by atoms with van der Waals surface area (Å²) >= 11 is 3.26. The van der Waals surface area contributed by atoms with E-state index in [0.717, 1.165) is 0 Å². The molecule has 0 aliphatic heterocycles. The summed E-state index contributed by atoms with van der Waals surface area (Å²) in [5.74, 6) is 0.175. The molecule has 0 radical (unpaired) electrons. The van der Waals surface area contributed by atoms with Gasteiger partial charge in [-0.15, -0.1) is 0 Å². The van der Waals surface area contributed by atoms with Crippen LogP contribution >= 0.6 is 15.9 Å². The fourth-order valence-corrected chi connectivity index (χ4v) is 3.04. The Morgan fingerprint density at radius 3 is 2.60 bits per heavy atom. The average molecular weight is 333 g/mol. The van der Waals surface area contributed by atoms with Gasteiger partial charge in [0.05, 0.1) is 0 Å². The molecule has 0 unspecified atom stereocenters. The van der Waals surface area contributed by atoms with Gasteiger partial charge in [0.1, 0.15) is 5.82 Å². The highest BCUT2D eigenvalue weighted by molar-refractivity contribution is 9.10. The van der Waals surface area contributed by atoms with E-state index >= 15 is 0 Å². The van der Waals surface area contributed by atoms with Crippen molar-refractivity contribution in [3.05, 3.63) is 69.4 Å². The van der Waals surface area contributed by atoms with Gasteiger partial charge in [0.2, 0.25) is 0 Å². The van der Waals surface area contributed by atoms with Gasteiger partial charge in [-0.3, -0.25) is 4.79 Å². The van der Waals surface area contributed by atoms with Crippen molar-refractivity contribution < 1.29 is 9.18 Å². The van der Waals surface area contributed by atoms with Gasteiger partial charge in [0.25, 0.3) is 0 Å². The Hall–Kier alpha value is -1.48. The SMILES string of the molecule is O=C(c1cccc(C2CCC2)c1)c1ccc(F)cc1Br. The third-order valence-corrected chi connectivity index (χ3v) is 4.56. The van der Waals surface area contributed by atoms with E-state index < -0.39 is 0 Å². The lowest BCUT2D eigenvalue weighted by Gasteiger charge is -2.26. The Balaban J connectivity index is 1.93. The lowest BCUT2D eigenvalue weighted by atomic mass is 9.79. The minimum atomic E-state index is -0.350. The van der Waals surface area contributed by atoms with E-state index in [4.69, 9.17) is 0 Å². The topological polar surface area (TPSA) is 17.1 Å². The maximum Gasteiger partial charge on any atom is 0.194 e. The molecule has 3 rings (SSSR count). The Bertz CT molecular complexity index is 662. The first-order chi connectivity index (χ1) is 9.65. The lowest BCUT2D eigenvalue weighted by molar-refractivity contribution is 0.103. The van der Waals surface area contributed by atoms with Crippen molar-refractivity contribution in [2.45, 2.75) is 25.2 Å². The van der Waals surface area contributed by atoms with Crippen LogP contribution in [-0.2, 0) is 0 Å². The molecule has 3 heteroatoms. The molecule has 0 spiro atoms. The second kappa shape index (κ2) is 5.49. The molecule has 0 aromatic heterocycles. The fourth-order valence-electron chi connectivity index (χ4n) is 2.50. The van der Waals surface area contributed by atoms with Crippen LogP contribution in [0.2, 0.25) is 0 Å². The predicted molar refractivity (Wildman–Crippen MR) is 80.6 cm³/mol. The molecule has 1 saturated carbocycles. The number of halogens is 2. The van der Waals surface area contributed by atoms with E-state index in [2.05, 4.69) is 22.0 Å². The van der Waals surface area contributed by atoms with Crippen LogP contribution in [0.5, 0.6) is 0 Å². The molecular formula is C17H14BrFO. The van der Waals surface area contributed by atoms with E-state index in [1.807, 2.05) is 18.2 Å². The van der Waals surface area contributed by atoms with Gasteiger partial charge in [-0.05, 0) is 64.5 Å². The predicted octanol–water partition coefficient (Wildman–Crippen LogP) is 5.09. The third kappa shape index (κ3) is 2.55. The minimum Gasteiger partial charge on any atom is -0.289 e. The number of hydrogen-bond donors (Lipinski definition) is 0. The lowest BCUT2D eigenvalue weighted by Crippen LogP contribution is -2.10. The minimum absolute atomic E-state index is 0.0713. The maximum atomic E-state index is 13.1. The quantitative estimate of drug-likeness (QED) is 0.716. The van der Waals surface area contributed by atoms with E-state index in [1.165, 1.54) is 43.0 Å². The van der Waals surface area contributed by atoms with E-state index in [1.54, 1.807) is 0 Å². The van der Waals surface area contributed by atoms with Crippen LogP contribution in [0.15, 0.2) is 46.9 Å². The van der Waals surface area contributed by atoms with Crippen LogP contribution in [0.25, 0.3) is 0 Å². The summed E-state index contributed by atoms with van der Waals surface area (Å²) in [6, 6.07) is 12.0. The molecule has 2 aromatic carbocycles. The highest BCUT2D eigenvalue weighted by atomic mass is 79.9. The van der Waals surface area contributed by atoms with E-state index in [-0.39, 0.29) is 11.6 Å². The fraction of sp³-hybridized carbons (Fsp3) is 0.235. The summed E-state index contributed by atoms with van der Waals surface area (Å²) < 4.78 is 13.6. The van der Waals surface area contributed by atoms with Crippen molar-refractivity contribution in [2.75, 3.05) is 0 Å². The zero-order chi connectivity index (χ0) is 14.1. The van der Waals surface area contributed by atoms with Crippen molar-refractivity contribution in [3.63, 3.8) is 0 Å². The molecule has 1 aliphatic carbocycles. The molecule has 0 bridgehead atoms. The molecule has 2 aromatic rings. The standard InChI is InChI=1S/C17H14BrFO/c18-16-10-14(19)7-8-15(16)17(20)13-6-2-5-12(9-13)11-3-1-4-11/h2,5-11H,1,3-4H2. The molecule has 0 N–H and O–H groups in total. The maximum absolute atomic E-state index is 13.1. The second-order valence-corrected chi connectivity index (χ2v) is 6.06. The van der Waals surface area contributed by atoms with Gasteiger partial charge >= 0.3 is 0 Å². The summed E-state index contributed by atoms with van der Waals surface area (Å²) in [4.78, 5) is 12.5. The van der Waals surface area contributed by atoms with E-state index in [9.17, 15) is 9.18 Å². The summed E-state index contributed by atoms with van der Waals surface area (Å²) in [5.41, 5.74) is 2.40. The monoisotopic (exact) mass is 332 g/mol. The molecule has 0 heterocycles. The Morgan fingerprint density at radius 2 is 1.95 bits per heavy atom. The largest absolute Gasteiger partial charge is 0.289 e. The first kappa shape index (κ1) is 13.5. The summed E-state index contributed by atoms with van der Waals surface area (Å²) in [6.07, 6.45) is 3.68. The van der Waals surface area contributed by atoms with Gasteiger partial charge < -0.3 is 0 Å². The first-order valence-electron chi connectivity index (χ1n) is 6.75. The summed E-state index contributed by atoms with van der Waals surface area (Å²) in [7, 11) is 0. The van der Waals surface area contributed by atoms with Crippen LogP contribution < -0.4 is 0 Å². The number of ketones is 1. The summed E-state index contributed by atoms with van der Waals surface area (Å²) in [6.45, 7) is 0. The van der Waals surface area contributed by atoms with Crippen molar-refractivity contribution in [3.8, 4) is 0 Å². The number of rotatable bonds is 3. The van der Waals surface area contributed by atoms with Crippen LogP contribution in [0.1, 0.15) is 46.7 Å². The van der Waals surface area contributed by atoms with Gasteiger partial charge in [-0.2, -0.15) is 0 Å². The Labute approximate surface area is 126 Å². The zero-order valence-electron chi connectivity index (χ0n) is 10.9. The molecule has 1 fully saturated rings. The Morgan fingerprint density at radius 1 is 1.15 bits per heavy atom. The zero-order valence-corrected chi connectivity index (χ0v) is 12.5. The third-order valence-electron chi connectivity index (χ3n) is 3.90. The van der Waals surface area contributed by atoms with Gasteiger partial charge in [0, 0.05) is 15.6 Å². The van der Waals surface area contributed by atoms with Gasteiger partial charge in [-0.1, -0.05) is 24.6 Å². The highest BCUT2D eigenvalue weighted by Gasteiger charge is 2.21. The van der Waals surface area contributed by atoms with Crippen molar-refractivity contribution >= 4 is 21.7 Å². The van der Waals surface area contributed by atoms with Gasteiger partial charge in [-0.25, -0.2) is 4.39 Å². The van der Waals surface area contributed by atoms with Crippen molar-refractivity contribution in [1.82, 2.24) is 0 Å². The van der Waals surface area contributed by atoms with Crippen LogP contribution in [0, 0.1) is 5.82 Å². The second-order valence-electron chi connectivity index (χ2n) is 5.21. The Kier molecular flexibility index (Phi) is 3.70. The van der Waals surface area contributed by atoms with Crippen LogP contribution in [0.3, 0.4) is 0 Å². The van der Waals surface area contributed by atoms with Gasteiger partial charge in [0.15, 0.2) is 5.78 Å². The number of carbonyl (C=O) groups excluding carboxylic acids is 1. The molecule has 1 aliphatic rings. The van der Waals surface area contributed by atoms with Crippen LogP contribution in [-0.4, -0.2) is 5.78 Å². The molecule has 0 saturated heterocycles. The smallest absolute Gasteiger partial charge is 0.194 e. The van der Waals surface area contributed by atoms with E-state index in [0.29, 0.717) is 21.5 Å².